The molecule has 0 spiro atoms. The molecule has 13 rings (SSSR count). The smallest absolute Gasteiger partial charge is 0.135 e. The van der Waals surface area contributed by atoms with Gasteiger partial charge in [0.25, 0.3) is 0 Å². The highest BCUT2D eigenvalue weighted by molar-refractivity contribution is 5.79. The van der Waals surface area contributed by atoms with Crippen LogP contribution in [0.3, 0.4) is 0 Å². The number of hydrogen-bond acceptors (Lipinski definition) is 11. The molecule has 0 atom stereocenters. The van der Waals surface area contributed by atoms with E-state index in [1.165, 1.54) is 83.3 Å². The van der Waals surface area contributed by atoms with E-state index in [-0.39, 0.29) is 0 Å². The molecule has 11 nitrogen and oxygen atoms in total. The molecule has 0 saturated carbocycles. The topological polar surface area (TPSA) is 114 Å². The van der Waals surface area contributed by atoms with Crippen LogP contribution in [0.5, 0.6) is 0 Å². The lowest BCUT2D eigenvalue weighted by molar-refractivity contribution is -0.121. The largest absolute Gasteiger partial charge is 0.385 e. The van der Waals surface area contributed by atoms with Crippen molar-refractivity contribution in [2.24, 2.45) is 0 Å². The molecule has 11 heteroatoms. The van der Waals surface area contributed by atoms with Crippen LogP contribution in [0, 0.1) is 0 Å². The zero-order valence-electron chi connectivity index (χ0n) is 49.2. The SMILES string of the molecule is C1=C(c2cccnc2)CCN(Cc2ccccc2)C1.O=C1CCN(Cc2ccccc2)CC1.OC1(c2cccnc2)CCN(Cc2ccccc2)CC1.c1ccc(CN2CCC(c3cccnc3)CC2)cc1.c1cncc(C2CCNCC2)c1. The van der Waals surface area contributed by atoms with Crippen LogP contribution in [0.15, 0.2) is 226 Å². The molecular formula is C73H87N9O2. The standard InChI is InChI=1S/C17H20N2O.C17H20N2.C17H18N2.C12H15NO.C10H14N2/c20-17(16-7-4-10-18-13-16)8-11-19(12-9-17)14-15-5-2-1-3-6-15;2*1-2-5-15(6-3-1)14-19-11-8-16(9-12-19)17-7-4-10-18-13-17;14-12-6-8-13(9-7-12)10-11-4-2-1-3-5-11;1-2-10(8-12-5-1)9-3-6-11-7-4-9/h1-7,10,13,20H,8-9,11-12,14H2;1-7,10,13,16H,8-9,11-12,14H2;1-8,10,13H,9,11-12,14H2;1-5H,6-10H2;1-2,5,8-9,11H,3-4,6-7H2. The highest BCUT2D eigenvalue weighted by Gasteiger charge is 2.34. The number of carbonyl (C=O) groups is 1. The predicted octanol–water partition coefficient (Wildman–Crippen LogP) is 12.8. The summed E-state index contributed by atoms with van der Waals surface area (Å²) in [5.74, 6) is 1.84. The van der Waals surface area contributed by atoms with E-state index in [0.29, 0.717) is 11.7 Å². The van der Waals surface area contributed by atoms with Crippen LogP contribution in [-0.4, -0.2) is 116 Å². The van der Waals surface area contributed by atoms with Gasteiger partial charge >= 0.3 is 0 Å². The van der Waals surface area contributed by atoms with Crippen molar-refractivity contribution in [2.75, 3.05) is 65.4 Å². The fraction of sp³-hybridized carbons (Fsp3) is 0.356. The first-order valence-corrected chi connectivity index (χ1v) is 30.7. The predicted molar refractivity (Wildman–Crippen MR) is 341 cm³/mol. The van der Waals surface area contributed by atoms with Crippen LogP contribution in [0.1, 0.15) is 114 Å². The van der Waals surface area contributed by atoms with E-state index >= 15 is 0 Å². The van der Waals surface area contributed by atoms with Crippen molar-refractivity contribution in [3.8, 4) is 0 Å². The Kier molecular flexibility index (Phi) is 24.6. The summed E-state index contributed by atoms with van der Waals surface area (Å²) in [6, 6.07) is 58.8. The van der Waals surface area contributed by atoms with Crippen molar-refractivity contribution in [2.45, 2.75) is 101 Å². The van der Waals surface area contributed by atoms with Gasteiger partial charge in [-0.15, -0.1) is 0 Å². The molecule has 0 unspecified atom stereocenters. The number of likely N-dealkylation sites (tertiary alicyclic amines) is 3. The number of carbonyl (C=O) groups excluding carboxylic acids is 1. The number of piperidine rings is 4. The number of aromatic nitrogens is 4. The summed E-state index contributed by atoms with van der Waals surface area (Å²) in [5.41, 5.74) is 11.2. The Labute approximate surface area is 500 Å². The van der Waals surface area contributed by atoms with Crippen molar-refractivity contribution in [1.82, 2.24) is 44.9 Å². The highest BCUT2D eigenvalue weighted by atomic mass is 16.3. The molecule has 84 heavy (non-hydrogen) atoms. The molecule has 4 aromatic carbocycles. The Morgan fingerprint density at radius 3 is 1.27 bits per heavy atom. The average molecular weight is 1120 g/mol. The number of nitrogens with zero attached hydrogens (tertiary/aromatic N) is 8. The van der Waals surface area contributed by atoms with Gasteiger partial charge < -0.3 is 10.4 Å². The third-order valence-corrected chi connectivity index (χ3v) is 16.9. The first-order chi connectivity index (χ1) is 41.4. The van der Waals surface area contributed by atoms with Gasteiger partial charge in [0.05, 0.1) is 5.60 Å². The molecule has 8 aromatic rings. The van der Waals surface area contributed by atoms with Crippen molar-refractivity contribution in [3.05, 3.63) is 270 Å². The van der Waals surface area contributed by atoms with Crippen LogP contribution in [0.2, 0.25) is 0 Å². The second-order valence-electron chi connectivity index (χ2n) is 22.9. The number of Topliss-reactive ketones (excluding diaryl/α,β-unsaturated/α-hetero) is 1. The Morgan fingerprint density at radius 2 is 0.845 bits per heavy atom. The van der Waals surface area contributed by atoms with Gasteiger partial charge in [0.2, 0.25) is 0 Å². The maximum Gasteiger partial charge on any atom is 0.135 e. The summed E-state index contributed by atoms with van der Waals surface area (Å²) < 4.78 is 0. The summed E-state index contributed by atoms with van der Waals surface area (Å²) in [6.07, 6.45) is 26.5. The molecule has 9 heterocycles. The summed E-state index contributed by atoms with van der Waals surface area (Å²) in [6.45, 7) is 14.6. The first kappa shape index (κ1) is 61.2. The van der Waals surface area contributed by atoms with E-state index in [1.807, 2.05) is 79.6 Å². The maximum atomic E-state index is 11.0. The second-order valence-corrected chi connectivity index (χ2v) is 22.9. The summed E-state index contributed by atoms with van der Waals surface area (Å²) in [5, 5.41) is 14.1. The zero-order valence-corrected chi connectivity index (χ0v) is 49.2. The van der Waals surface area contributed by atoms with Gasteiger partial charge in [-0.25, -0.2) is 0 Å². The highest BCUT2D eigenvalue weighted by Crippen LogP contribution is 2.33. The Hall–Kier alpha value is -7.35. The molecule has 4 fully saturated rings. The quantitative estimate of drug-likeness (QED) is 0.122. The zero-order chi connectivity index (χ0) is 57.7. The molecule has 0 bridgehead atoms. The van der Waals surface area contributed by atoms with E-state index in [1.54, 1.807) is 12.4 Å². The van der Waals surface area contributed by atoms with E-state index < -0.39 is 5.60 Å². The number of aliphatic hydroxyl groups is 1. The molecule has 436 valence electrons. The molecule has 2 N–H and O–H groups in total. The minimum atomic E-state index is -0.707. The summed E-state index contributed by atoms with van der Waals surface area (Å²) >= 11 is 0. The third kappa shape index (κ3) is 20.5. The van der Waals surface area contributed by atoms with E-state index in [9.17, 15) is 9.90 Å². The van der Waals surface area contributed by atoms with Gasteiger partial charge in [-0.1, -0.05) is 152 Å². The summed E-state index contributed by atoms with van der Waals surface area (Å²) in [4.78, 5) is 37.5. The van der Waals surface area contributed by atoms with Crippen molar-refractivity contribution in [1.29, 1.82) is 0 Å². The van der Waals surface area contributed by atoms with Gasteiger partial charge in [0, 0.05) is 133 Å². The van der Waals surface area contributed by atoms with Crippen molar-refractivity contribution in [3.63, 3.8) is 0 Å². The lowest BCUT2D eigenvalue weighted by Crippen LogP contribution is -2.42. The van der Waals surface area contributed by atoms with Crippen LogP contribution in [0.4, 0.5) is 0 Å². The number of rotatable bonds is 12. The van der Waals surface area contributed by atoms with Gasteiger partial charge in [-0.3, -0.25) is 44.3 Å². The van der Waals surface area contributed by atoms with Crippen LogP contribution in [0.25, 0.3) is 5.57 Å². The monoisotopic (exact) mass is 1120 g/mol. The lowest BCUT2D eigenvalue weighted by atomic mass is 9.85. The number of ketones is 1. The van der Waals surface area contributed by atoms with E-state index in [2.05, 4.69) is 178 Å². The van der Waals surface area contributed by atoms with Crippen LogP contribution < -0.4 is 5.32 Å². The minimum Gasteiger partial charge on any atom is -0.385 e. The van der Waals surface area contributed by atoms with E-state index in [0.717, 1.165) is 122 Å². The van der Waals surface area contributed by atoms with Crippen molar-refractivity contribution >= 4 is 11.4 Å². The van der Waals surface area contributed by atoms with E-state index in [4.69, 9.17) is 0 Å². The molecule has 4 saturated heterocycles. The Bertz CT molecular complexity index is 3060. The number of benzene rings is 4. The Morgan fingerprint density at radius 1 is 0.429 bits per heavy atom. The normalized spacial score (nSPS) is 17.9. The van der Waals surface area contributed by atoms with Gasteiger partial charge in [0.1, 0.15) is 5.78 Å². The van der Waals surface area contributed by atoms with Crippen molar-refractivity contribution < 1.29 is 9.90 Å². The summed E-state index contributed by atoms with van der Waals surface area (Å²) in [7, 11) is 0. The molecule has 5 aliphatic heterocycles. The van der Waals surface area contributed by atoms with Gasteiger partial charge in [0.15, 0.2) is 0 Å². The second kappa shape index (κ2) is 33.8. The lowest BCUT2D eigenvalue weighted by Gasteiger charge is -2.38. The average Bonchev–Trinajstić information content (AvgIpc) is 3.76. The molecule has 0 amide bonds. The minimum absolute atomic E-state index is 0.411. The molecule has 5 aliphatic rings. The van der Waals surface area contributed by atoms with Gasteiger partial charge in [-0.05, 0) is 152 Å². The molecular weight excluding hydrogens is 1030 g/mol. The van der Waals surface area contributed by atoms with Gasteiger partial charge in [-0.2, -0.15) is 0 Å². The third-order valence-electron chi connectivity index (χ3n) is 16.9. The maximum absolute atomic E-state index is 11.0. The van der Waals surface area contributed by atoms with Crippen LogP contribution >= 0.6 is 0 Å². The van der Waals surface area contributed by atoms with Crippen LogP contribution in [-0.2, 0) is 36.6 Å². The number of hydrogen-bond donors (Lipinski definition) is 2. The molecule has 0 radical (unpaired) electrons. The first-order valence-electron chi connectivity index (χ1n) is 30.7. The fourth-order valence-electron chi connectivity index (χ4n) is 11.8. The number of pyridine rings is 4. The fourth-order valence-corrected chi connectivity index (χ4v) is 11.8. The molecule has 0 aliphatic carbocycles. The Balaban J connectivity index is 0.000000127. The molecule has 4 aromatic heterocycles. The number of nitrogens with one attached hydrogen (secondary N) is 1.